The molecule has 4 atom stereocenters. The minimum atomic E-state index is 0.194. The second kappa shape index (κ2) is 3.33. The largest absolute Gasteiger partial charge is 0.377 e. The van der Waals surface area contributed by atoms with E-state index in [1.54, 1.807) is 0 Å². The van der Waals surface area contributed by atoms with Crippen LogP contribution in [0, 0.1) is 17.3 Å². The zero-order chi connectivity index (χ0) is 11.4. The Balaban J connectivity index is 1.60. The summed E-state index contributed by atoms with van der Waals surface area (Å²) in [5.74, 6) is 1.68. The van der Waals surface area contributed by atoms with Gasteiger partial charge in [0, 0.05) is 13.0 Å². The van der Waals surface area contributed by atoms with E-state index in [2.05, 4.69) is 20.4 Å². The molecule has 2 bridgehead atoms. The molecule has 0 aromatic carbocycles. The van der Waals surface area contributed by atoms with Gasteiger partial charge in [-0.3, -0.25) is 0 Å². The smallest absolute Gasteiger partial charge is 0.100 e. The van der Waals surface area contributed by atoms with E-state index in [1.807, 2.05) is 6.08 Å². The maximum absolute atomic E-state index is 6.03. The molecule has 4 unspecified atom stereocenters. The summed E-state index contributed by atoms with van der Waals surface area (Å²) in [5, 5.41) is 0. The van der Waals surface area contributed by atoms with Gasteiger partial charge in [0.2, 0.25) is 0 Å². The number of hydrogen-bond donors (Lipinski definition) is 0. The van der Waals surface area contributed by atoms with Crippen molar-refractivity contribution in [1.82, 2.24) is 0 Å². The van der Waals surface area contributed by atoms with Crippen molar-refractivity contribution >= 4 is 0 Å². The van der Waals surface area contributed by atoms with Crippen LogP contribution in [0.5, 0.6) is 0 Å². The molecule has 3 saturated carbocycles. The van der Waals surface area contributed by atoms with E-state index in [1.165, 1.54) is 12.8 Å². The Kier molecular flexibility index (Phi) is 2.25. The minimum Gasteiger partial charge on any atom is -0.377 e. The summed E-state index contributed by atoms with van der Waals surface area (Å²) >= 11 is 0. The van der Waals surface area contributed by atoms with Crippen LogP contribution in [0.3, 0.4) is 0 Å². The van der Waals surface area contributed by atoms with Crippen LogP contribution in [0.15, 0.2) is 12.7 Å². The maximum Gasteiger partial charge on any atom is 0.100 e. The zero-order valence-electron chi connectivity index (χ0n) is 10.4. The van der Waals surface area contributed by atoms with Crippen LogP contribution in [-0.2, 0) is 9.47 Å². The minimum absolute atomic E-state index is 0.194. The molecule has 1 saturated heterocycles. The monoisotopic (exact) mass is 222 g/mol. The Morgan fingerprint density at radius 1 is 1.44 bits per heavy atom. The third-order valence-electron chi connectivity index (χ3n) is 5.28. The first-order valence-electron chi connectivity index (χ1n) is 6.47. The molecule has 0 aromatic heterocycles. The lowest BCUT2D eigenvalue weighted by Gasteiger charge is -2.58. The SMILES string of the molecule is C=CCOCCC12OC1CC1CC2C1(C)C. The Morgan fingerprint density at radius 2 is 2.25 bits per heavy atom. The third-order valence-corrected chi connectivity index (χ3v) is 5.28. The second-order valence-electron chi connectivity index (χ2n) is 6.22. The first-order valence-corrected chi connectivity index (χ1v) is 6.47. The van der Waals surface area contributed by atoms with E-state index >= 15 is 0 Å². The van der Waals surface area contributed by atoms with Crippen LogP contribution in [0.4, 0.5) is 0 Å². The van der Waals surface area contributed by atoms with E-state index in [4.69, 9.17) is 9.47 Å². The molecular formula is C14H22O2. The summed E-state index contributed by atoms with van der Waals surface area (Å²) < 4.78 is 11.5. The molecule has 16 heavy (non-hydrogen) atoms. The summed E-state index contributed by atoms with van der Waals surface area (Å²) in [7, 11) is 0. The van der Waals surface area contributed by atoms with Crippen LogP contribution >= 0.6 is 0 Å². The van der Waals surface area contributed by atoms with Gasteiger partial charge >= 0.3 is 0 Å². The highest BCUT2D eigenvalue weighted by Crippen LogP contribution is 2.71. The van der Waals surface area contributed by atoms with Crippen molar-refractivity contribution < 1.29 is 9.47 Å². The molecular weight excluding hydrogens is 200 g/mol. The van der Waals surface area contributed by atoms with Crippen LogP contribution in [-0.4, -0.2) is 24.9 Å². The van der Waals surface area contributed by atoms with Gasteiger partial charge in [0.1, 0.15) is 5.60 Å². The molecule has 2 heteroatoms. The standard InChI is InChI=1S/C14H22O2/c1-4-6-15-7-5-14-11-8-10(13(11,2)3)9-12(14)16-14/h4,10-12H,1,5-9H2,2-3H3. The summed E-state index contributed by atoms with van der Waals surface area (Å²) in [5.41, 5.74) is 0.699. The van der Waals surface area contributed by atoms with Gasteiger partial charge in [0.05, 0.1) is 12.7 Å². The number of ether oxygens (including phenoxy) is 2. The van der Waals surface area contributed by atoms with E-state index in [0.29, 0.717) is 18.1 Å². The van der Waals surface area contributed by atoms with Crippen molar-refractivity contribution in [2.24, 2.45) is 17.3 Å². The van der Waals surface area contributed by atoms with Crippen LogP contribution in [0.25, 0.3) is 0 Å². The molecule has 4 rings (SSSR count). The molecule has 0 radical (unpaired) electrons. The molecule has 1 heterocycles. The lowest BCUT2D eigenvalue weighted by Crippen LogP contribution is -2.57. The molecule has 1 aliphatic heterocycles. The lowest BCUT2D eigenvalue weighted by atomic mass is 9.45. The van der Waals surface area contributed by atoms with Crippen molar-refractivity contribution in [3.8, 4) is 0 Å². The van der Waals surface area contributed by atoms with Gasteiger partial charge in [-0.15, -0.1) is 6.58 Å². The fourth-order valence-corrected chi connectivity index (χ4v) is 4.08. The molecule has 0 aromatic rings. The van der Waals surface area contributed by atoms with Crippen molar-refractivity contribution in [2.45, 2.75) is 44.8 Å². The van der Waals surface area contributed by atoms with Crippen LogP contribution in [0.2, 0.25) is 0 Å². The predicted octanol–water partition coefficient (Wildman–Crippen LogP) is 2.78. The van der Waals surface area contributed by atoms with Crippen molar-refractivity contribution in [2.75, 3.05) is 13.2 Å². The quantitative estimate of drug-likeness (QED) is 0.405. The van der Waals surface area contributed by atoms with Gasteiger partial charge in [-0.05, 0) is 30.1 Å². The zero-order valence-corrected chi connectivity index (χ0v) is 10.4. The van der Waals surface area contributed by atoms with Gasteiger partial charge in [0.15, 0.2) is 0 Å². The first-order chi connectivity index (χ1) is 7.61. The Labute approximate surface area is 98.0 Å². The van der Waals surface area contributed by atoms with E-state index in [-0.39, 0.29) is 5.60 Å². The Bertz CT molecular complexity index is 310. The van der Waals surface area contributed by atoms with E-state index < -0.39 is 0 Å². The van der Waals surface area contributed by atoms with E-state index in [0.717, 1.165) is 24.9 Å². The van der Waals surface area contributed by atoms with Crippen molar-refractivity contribution in [1.29, 1.82) is 0 Å². The van der Waals surface area contributed by atoms with Crippen molar-refractivity contribution in [3.05, 3.63) is 12.7 Å². The Hall–Kier alpha value is -0.340. The second-order valence-corrected chi connectivity index (χ2v) is 6.22. The predicted molar refractivity (Wildman–Crippen MR) is 63.2 cm³/mol. The number of hydrogen-bond acceptors (Lipinski definition) is 2. The maximum atomic E-state index is 6.03. The summed E-state index contributed by atoms with van der Waals surface area (Å²) in [6, 6.07) is 0. The van der Waals surface area contributed by atoms with E-state index in [9.17, 15) is 0 Å². The lowest BCUT2D eigenvalue weighted by molar-refractivity contribution is -0.0910. The highest BCUT2D eigenvalue weighted by molar-refractivity contribution is 5.22. The summed E-state index contributed by atoms with van der Waals surface area (Å²) in [4.78, 5) is 0. The number of epoxide rings is 1. The average Bonchev–Trinajstić information content (AvgIpc) is 2.98. The first kappa shape index (κ1) is 10.8. The molecule has 4 aliphatic rings. The molecule has 0 amide bonds. The highest BCUT2D eigenvalue weighted by atomic mass is 16.6. The summed E-state index contributed by atoms with van der Waals surface area (Å²) in [6.07, 6.45) is 6.10. The molecule has 0 spiro atoms. The molecule has 90 valence electrons. The number of rotatable bonds is 5. The molecule has 2 nitrogen and oxygen atoms in total. The van der Waals surface area contributed by atoms with Crippen LogP contribution < -0.4 is 0 Å². The van der Waals surface area contributed by atoms with Gasteiger partial charge < -0.3 is 9.47 Å². The van der Waals surface area contributed by atoms with Gasteiger partial charge in [-0.25, -0.2) is 0 Å². The van der Waals surface area contributed by atoms with Gasteiger partial charge in [0.25, 0.3) is 0 Å². The van der Waals surface area contributed by atoms with Crippen LogP contribution in [0.1, 0.15) is 33.1 Å². The Morgan fingerprint density at radius 3 is 2.94 bits per heavy atom. The van der Waals surface area contributed by atoms with Crippen molar-refractivity contribution in [3.63, 3.8) is 0 Å². The average molecular weight is 222 g/mol. The van der Waals surface area contributed by atoms with Gasteiger partial charge in [-0.2, -0.15) is 0 Å². The molecule has 4 fully saturated rings. The fraction of sp³-hybridized carbons (Fsp3) is 0.857. The van der Waals surface area contributed by atoms with Gasteiger partial charge in [-0.1, -0.05) is 19.9 Å². The normalized spacial score (nSPS) is 46.8. The summed E-state index contributed by atoms with van der Waals surface area (Å²) in [6.45, 7) is 9.97. The molecule has 0 N–H and O–H groups in total. The fourth-order valence-electron chi connectivity index (χ4n) is 4.08. The highest BCUT2D eigenvalue weighted by Gasteiger charge is 2.74. The topological polar surface area (TPSA) is 21.8 Å². The third kappa shape index (κ3) is 1.26. The molecule has 3 aliphatic carbocycles.